The standard InChI is InChI=1S/C13H14ClF3N2S/c1-7(2)11-6-20-12(19-11)18-10-4-3-8(5-9(10)14)13(15,16)17/h3-5,7,11H,6H2,1-2H3,(H,18,19)/t11-/m1/s1. The number of nitrogens with zero attached hydrogens (tertiary/aromatic N) is 1. The SMILES string of the molecule is CC(C)[C@H]1CSC(Nc2ccc(C(F)(F)F)cc2Cl)=N1. The summed E-state index contributed by atoms with van der Waals surface area (Å²) in [7, 11) is 0. The number of benzene rings is 1. The average Bonchev–Trinajstić information content (AvgIpc) is 2.79. The van der Waals surface area contributed by atoms with Gasteiger partial charge in [-0.05, 0) is 24.1 Å². The highest BCUT2D eigenvalue weighted by Gasteiger charge is 2.31. The average molecular weight is 323 g/mol. The first-order valence-electron chi connectivity index (χ1n) is 6.11. The molecule has 20 heavy (non-hydrogen) atoms. The quantitative estimate of drug-likeness (QED) is 0.837. The second-order valence-corrected chi connectivity index (χ2v) is 6.29. The smallest absolute Gasteiger partial charge is 0.334 e. The lowest BCUT2D eigenvalue weighted by atomic mass is 10.1. The van der Waals surface area contributed by atoms with Crippen LogP contribution < -0.4 is 5.32 Å². The molecule has 1 N–H and O–H groups in total. The first kappa shape index (κ1) is 15.5. The number of anilines is 1. The summed E-state index contributed by atoms with van der Waals surface area (Å²) < 4.78 is 37.6. The number of halogens is 4. The van der Waals surface area contributed by atoms with Gasteiger partial charge in [-0.1, -0.05) is 37.2 Å². The molecule has 0 radical (unpaired) electrons. The molecule has 1 aromatic rings. The number of hydrogen-bond acceptors (Lipinski definition) is 3. The van der Waals surface area contributed by atoms with Crippen molar-refractivity contribution in [3.8, 4) is 0 Å². The summed E-state index contributed by atoms with van der Waals surface area (Å²) in [5, 5.41) is 3.72. The van der Waals surface area contributed by atoms with Gasteiger partial charge in [0.15, 0.2) is 5.17 Å². The fourth-order valence-corrected chi connectivity index (χ4v) is 3.12. The molecule has 0 spiro atoms. The number of hydrogen-bond donors (Lipinski definition) is 1. The van der Waals surface area contributed by atoms with Crippen LogP contribution in [0.3, 0.4) is 0 Å². The zero-order valence-corrected chi connectivity index (χ0v) is 12.5. The molecule has 1 aromatic carbocycles. The number of rotatable bonds is 2. The Morgan fingerprint density at radius 3 is 2.60 bits per heavy atom. The highest BCUT2D eigenvalue weighted by molar-refractivity contribution is 8.14. The van der Waals surface area contributed by atoms with Gasteiger partial charge in [0.05, 0.1) is 22.3 Å². The van der Waals surface area contributed by atoms with Crippen LogP contribution in [-0.2, 0) is 6.18 Å². The van der Waals surface area contributed by atoms with Gasteiger partial charge in [0.2, 0.25) is 0 Å². The molecule has 0 saturated heterocycles. The van der Waals surface area contributed by atoms with Crippen LogP contribution in [-0.4, -0.2) is 17.0 Å². The van der Waals surface area contributed by atoms with E-state index in [0.717, 1.165) is 17.9 Å². The lowest BCUT2D eigenvalue weighted by molar-refractivity contribution is -0.137. The summed E-state index contributed by atoms with van der Waals surface area (Å²) in [5.74, 6) is 1.31. The number of amidine groups is 1. The summed E-state index contributed by atoms with van der Waals surface area (Å²) >= 11 is 7.44. The highest BCUT2D eigenvalue weighted by atomic mass is 35.5. The molecule has 1 aliphatic rings. The molecule has 2 nitrogen and oxygen atoms in total. The molecule has 1 heterocycles. The highest BCUT2D eigenvalue weighted by Crippen LogP contribution is 2.34. The lowest BCUT2D eigenvalue weighted by Gasteiger charge is -2.11. The summed E-state index contributed by atoms with van der Waals surface area (Å²) in [6.07, 6.45) is -4.38. The third kappa shape index (κ3) is 3.61. The van der Waals surface area contributed by atoms with Crippen molar-refractivity contribution >= 4 is 34.2 Å². The fourth-order valence-electron chi connectivity index (χ4n) is 1.71. The van der Waals surface area contributed by atoms with Gasteiger partial charge in [-0.15, -0.1) is 0 Å². The first-order chi connectivity index (χ1) is 9.27. The Morgan fingerprint density at radius 1 is 1.40 bits per heavy atom. The van der Waals surface area contributed by atoms with Crippen LogP contribution >= 0.6 is 23.4 Å². The summed E-state index contributed by atoms with van der Waals surface area (Å²) in [4.78, 5) is 4.48. The first-order valence-corrected chi connectivity index (χ1v) is 7.48. The maximum atomic E-state index is 12.5. The Kier molecular flexibility index (Phi) is 4.54. The summed E-state index contributed by atoms with van der Waals surface area (Å²) in [5.41, 5.74) is -0.315. The minimum Gasteiger partial charge on any atom is -0.334 e. The van der Waals surface area contributed by atoms with Crippen LogP contribution in [0.15, 0.2) is 23.2 Å². The van der Waals surface area contributed by atoms with Crippen LogP contribution in [0.5, 0.6) is 0 Å². The van der Waals surface area contributed by atoms with Gasteiger partial charge in [0, 0.05) is 5.75 Å². The molecule has 1 aliphatic heterocycles. The Labute approximate surface area is 124 Å². The molecule has 0 amide bonds. The van der Waals surface area contributed by atoms with Gasteiger partial charge < -0.3 is 5.32 Å². The molecule has 0 aromatic heterocycles. The van der Waals surface area contributed by atoms with Crippen molar-refractivity contribution < 1.29 is 13.2 Å². The van der Waals surface area contributed by atoms with E-state index in [1.807, 2.05) is 0 Å². The second kappa shape index (κ2) is 5.85. The molecule has 1 atom stereocenters. The topological polar surface area (TPSA) is 24.4 Å². The Balaban J connectivity index is 2.13. The molecule has 7 heteroatoms. The van der Waals surface area contributed by atoms with Crippen molar-refractivity contribution in [1.29, 1.82) is 0 Å². The molecule has 0 aliphatic carbocycles. The van der Waals surface area contributed by atoms with Crippen LogP contribution in [0.2, 0.25) is 5.02 Å². The van der Waals surface area contributed by atoms with Crippen molar-refractivity contribution in [2.45, 2.75) is 26.1 Å². The van der Waals surface area contributed by atoms with Crippen LogP contribution in [0, 0.1) is 5.92 Å². The lowest BCUT2D eigenvalue weighted by Crippen LogP contribution is -2.12. The van der Waals surface area contributed by atoms with Crippen molar-refractivity contribution in [3.05, 3.63) is 28.8 Å². The fraction of sp³-hybridized carbons (Fsp3) is 0.462. The maximum absolute atomic E-state index is 12.5. The molecule has 0 unspecified atom stereocenters. The van der Waals surface area contributed by atoms with Gasteiger partial charge >= 0.3 is 6.18 Å². The van der Waals surface area contributed by atoms with Crippen LogP contribution in [0.4, 0.5) is 18.9 Å². The monoisotopic (exact) mass is 322 g/mol. The van der Waals surface area contributed by atoms with E-state index in [1.165, 1.54) is 6.07 Å². The third-order valence-corrected chi connectivity index (χ3v) is 4.28. The number of thioether (sulfide) groups is 1. The molecule has 2 rings (SSSR count). The molecule has 0 fully saturated rings. The van der Waals surface area contributed by atoms with Crippen LogP contribution in [0.1, 0.15) is 19.4 Å². The summed E-state index contributed by atoms with van der Waals surface area (Å²) in [6.45, 7) is 4.17. The number of nitrogens with one attached hydrogen (secondary N) is 1. The zero-order valence-electron chi connectivity index (χ0n) is 11.0. The predicted octanol–water partition coefficient (Wildman–Crippen LogP) is 4.90. The van der Waals surface area contributed by atoms with Gasteiger partial charge in [-0.25, -0.2) is 0 Å². The van der Waals surface area contributed by atoms with Gasteiger partial charge in [-0.3, -0.25) is 4.99 Å². The normalized spacial score (nSPS) is 19.4. The van der Waals surface area contributed by atoms with Crippen molar-refractivity contribution in [2.75, 3.05) is 11.1 Å². The van der Waals surface area contributed by atoms with Gasteiger partial charge in [-0.2, -0.15) is 13.2 Å². The van der Waals surface area contributed by atoms with E-state index in [2.05, 4.69) is 24.2 Å². The number of alkyl halides is 3. The Morgan fingerprint density at radius 2 is 2.10 bits per heavy atom. The second-order valence-electron chi connectivity index (χ2n) is 4.87. The van der Waals surface area contributed by atoms with Crippen molar-refractivity contribution in [2.24, 2.45) is 10.9 Å². The van der Waals surface area contributed by atoms with E-state index >= 15 is 0 Å². The Bertz CT molecular complexity index is 529. The van der Waals surface area contributed by atoms with E-state index < -0.39 is 11.7 Å². The molecular weight excluding hydrogens is 309 g/mol. The zero-order chi connectivity index (χ0) is 14.9. The third-order valence-electron chi connectivity index (χ3n) is 2.98. The van der Waals surface area contributed by atoms with E-state index in [0.29, 0.717) is 16.8 Å². The van der Waals surface area contributed by atoms with Crippen LogP contribution in [0.25, 0.3) is 0 Å². The Hall–Kier alpha value is -0.880. The van der Waals surface area contributed by atoms with Crippen molar-refractivity contribution in [3.63, 3.8) is 0 Å². The minimum atomic E-state index is -4.38. The molecule has 110 valence electrons. The number of aliphatic imine (C=N–C) groups is 1. The minimum absolute atomic E-state index is 0.0381. The van der Waals surface area contributed by atoms with E-state index in [9.17, 15) is 13.2 Å². The molecular formula is C13H14ClF3N2S. The van der Waals surface area contributed by atoms with E-state index in [1.54, 1.807) is 11.8 Å². The van der Waals surface area contributed by atoms with Crippen molar-refractivity contribution in [1.82, 2.24) is 0 Å². The van der Waals surface area contributed by atoms with Gasteiger partial charge in [0.25, 0.3) is 0 Å². The summed E-state index contributed by atoms with van der Waals surface area (Å²) in [6, 6.07) is 3.49. The maximum Gasteiger partial charge on any atom is 0.416 e. The molecule has 0 saturated carbocycles. The van der Waals surface area contributed by atoms with E-state index in [-0.39, 0.29) is 11.1 Å². The molecule has 0 bridgehead atoms. The predicted molar refractivity (Wildman–Crippen MR) is 78.6 cm³/mol. The van der Waals surface area contributed by atoms with E-state index in [4.69, 9.17) is 11.6 Å². The largest absolute Gasteiger partial charge is 0.416 e. The van der Waals surface area contributed by atoms with Gasteiger partial charge in [0.1, 0.15) is 0 Å².